The van der Waals surface area contributed by atoms with Crippen molar-refractivity contribution in [1.29, 1.82) is 0 Å². The molecule has 0 saturated heterocycles. The summed E-state index contributed by atoms with van der Waals surface area (Å²) in [5, 5.41) is 7.74. The van der Waals surface area contributed by atoms with Gasteiger partial charge in [-0.05, 0) is 19.9 Å². The van der Waals surface area contributed by atoms with Crippen molar-refractivity contribution in [2.75, 3.05) is 13.2 Å². The van der Waals surface area contributed by atoms with E-state index in [-0.39, 0.29) is 0 Å². The molecule has 0 saturated carbocycles. The summed E-state index contributed by atoms with van der Waals surface area (Å²) in [6.45, 7) is 8.59. The van der Waals surface area contributed by atoms with E-state index in [1.54, 1.807) is 0 Å². The summed E-state index contributed by atoms with van der Waals surface area (Å²) in [6, 6.07) is 0. The van der Waals surface area contributed by atoms with Gasteiger partial charge in [-0.3, -0.25) is 0 Å². The van der Waals surface area contributed by atoms with Crippen molar-refractivity contribution in [2.45, 2.75) is 20.0 Å². The molecular weight excluding hydrogens is 163 g/mol. The van der Waals surface area contributed by atoms with Gasteiger partial charge in [0, 0.05) is 13.2 Å². The van der Waals surface area contributed by atoms with E-state index >= 15 is 0 Å². The third kappa shape index (κ3) is 11.8. The summed E-state index contributed by atoms with van der Waals surface area (Å²) in [5.41, 5.74) is 0. The van der Waals surface area contributed by atoms with Gasteiger partial charge in [0.15, 0.2) is 0 Å². The van der Waals surface area contributed by atoms with Crippen molar-refractivity contribution in [3.63, 3.8) is 0 Å². The maximum atomic E-state index is 11.5. The number of aliphatic carboxylic acids is 1. The highest BCUT2D eigenvalue weighted by molar-refractivity contribution is 5.74. The predicted octanol–water partition coefficient (Wildman–Crippen LogP) is 1.64. The number of rotatable bonds is 4. The maximum absolute atomic E-state index is 11.5. The molecule has 0 aliphatic rings. The van der Waals surface area contributed by atoms with Crippen molar-refractivity contribution in [3.05, 3.63) is 12.7 Å². The molecular formula is C8H15FO3. The van der Waals surface area contributed by atoms with Crippen molar-refractivity contribution >= 4 is 5.97 Å². The SMILES string of the molecule is C=CC(F)C(=O)O.CCOCC. The molecule has 0 aromatic rings. The molecule has 0 amide bonds. The van der Waals surface area contributed by atoms with Gasteiger partial charge in [-0.15, -0.1) is 0 Å². The topological polar surface area (TPSA) is 46.5 Å². The Morgan fingerprint density at radius 2 is 2.08 bits per heavy atom. The lowest BCUT2D eigenvalue weighted by Gasteiger charge is -1.87. The summed E-state index contributed by atoms with van der Waals surface area (Å²) in [6.07, 6.45) is -1.19. The lowest BCUT2D eigenvalue weighted by Crippen LogP contribution is -2.09. The van der Waals surface area contributed by atoms with Crippen LogP contribution < -0.4 is 0 Å². The third-order valence-electron chi connectivity index (χ3n) is 0.851. The van der Waals surface area contributed by atoms with Gasteiger partial charge >= 0.3 is 5.97 Å². The molecule has 0 bridgehead atoms. The van der Waals surface area contributed by atoms with E-state index in [0.29, 0.717) is 0 Å². The second kappa shape index (κ2) is 10.1. The smallest absolute Gasteiger partial charge is 0.342 e. The second-order valence-corrected chi connectivity index (χ2v) is 1.76. The molecule has 1 N–H and O–H groups in total. The molecule has 0 heterocycles. The summed E-state index contributed by atoms with van der Waals surface area (Å²) >= 11 is 0. The van der Waals surface area contributed by atoms with Crippen LogP contribution in [0.4, 0.5) is 4.39 Å². The first kappa shape index (κ1) is 13.7. The van der Waals surface area contributed by atoms with E-state index in [1.165, 1.54) is 0 Å². The van der Waals surface area contributed by atoms with E-state index in [9.17, 15) is 9.18 Å². The molecule has 1 atom stereocenters. The number of carbonyl (C=O) groups is 1. The van der Waals surface area contributed by atoms with Gasteiger partial charge in [0.25, 0.3) is 0 Å². The molecule has 4 heteroatoms. The van der Waals surface area contributed by atoms with E-state index in [4.69, 9.17) is 9.84 Å². The first-order valence-corrected chi connectivity index (χ1v) is 3.67. The Kier molecular flexibility index (Phi) is 11.5. The Labute approximate surface area is 71.8 Å². The summed E-state index contributed by atoms with van der Waals surface area (Å²) in [7, 11) is 0. The van der Waals surface area contributed by atoms with Crippen LogP contribution in [0, 0.1) is 0 Å². The Balaban J connectivity index is 0. The molecule has 0 aromatic heterocycles. The number of hydrogen-bond acceptors (Lipinski definition) is 2. The number of halogens is 1. The predicted molar refractivity (Wildman–Crippen MR) is 44.9 cm³/mol. The first-order valence-electron chi connectivity index (χ1n) is 3.67. The Morgan fingerprint density at radius 1 is 1.67 bits per heavy atom. The molecule has 12 heavy (non-hydrogen) atoms. The van der Waals surface area contributed by atoms with E-state index in [0.717, 1.165) is 19.3 Å². The highest BCUT2D eigenvalue weighted by Crippen LogP contribution is 1.88. The number of hydrogen-bond donors (Lipinski definition) is 1. The first-order chi connectivity index (χ1) is 5.59. The van der Waals surface area contributed by atoms with Crippen molar-refractivity contribution < 1.29 is 19.0 Å². The van der Waals surface area contributed by atoms with E-state index in [2.05, 4.69) is 6.58 Å². The van der Waals surface area contributed by atoms with Crippen LogP contribution in [0.25, 0.3) is 0 Å². The van der Waals surface area contributed by atoms with Gasteiger partial charge in [-0.25, -0.2) is 9.18 Å². The number of alkyl halides is 1. The highest BCUT2D eigenvalue weighted by Gasteiger charge is 2.07. The Hall–Kier alpha value is -0.900. The fourth-order valence-electron chi connectivity index (χ4n) is 0.305. The largest absolute Gasteiger partial charge is 0.479 e. The zero-order valence-corrected chi connectivity index (χ0v) is 7.42. The average molecular weight is 178 g/mol. The molecule has 0 aliphatic carbocycles. The van der Waals surface area contributed by atoms with E-state index in [1.807, 2.05) is 13.8 Å². The molecule has 1 unspecified atom stereocenters. The van der Waals surface area contributed by atoms with Crippen LogP contribution in [0.5, 0.6) is 0 Å². The minimum atomic E-state index is -1.92. The normalized spacial score (nSPS) is 10.9. The summed E-state index contributed by atoms with van der Waals surface area (Å²) in [4.78, 5) is 9.48. The highest BCUT2D eigenvalue weighted by atomic mass is 19.1. The van der Waals surface area contributed by atoms with Gasteiger partial charge in [0.2, 0.25) is 6.17 Å². The zero-order chi connectivity index (χ0) is 9.98. The molecule has 72 valence electrons. The van der Waals surface area contributed by atoms with Crippen molar-refractivity contribution in [3.8, 4) is 0 Å². The summed E-state index contributed by atoms with van der Waals surface area (Å²) in [5.74, 6) is -1.49. The fraction of sp³-hybridized carbons (Fsp3) is 0.625. The van der Waals surface area contributed by atoms with Gasteiger partial charge in [0.05, 0.1) is 0 Å². The summed E-state index contributed by atoms with van der Waals surface area (Å²) < 4.78 is 16.4. The Morgan fingerprint density at radius 3 is 2.08 bits per heavy atom. The third-order valence-corrected chi connectivity index (χ3v) is 0.851. The number of carboxylic acids is 1. The molecule has 0 radical (unpaired) electrons. The molecule has 3 nitrogen and oxygen atoms in total. The van der Waals surface area contributed by atoms with Crippen LogP contribution in [0.2, 0.25) is 0 Å². The average Bonchev–Trinajstić information content (AvgIpc) is 2.05. The lowest BCUT2D eigenvalue weighted by atomic mass is 10.4. The van der Waals surface area contributed by atoms with Crippen molar-refractivity contribution in [2.24, 2.45) is 0 Å². The van der Waals surface area contributed by atoms with Gasteiger partial charge in [0.1, 0.15) is 0 Å². The molecule has 0 aromatic carbocycles. The van der Waals surface area contributed by atoms with Crippen LogP contribution in [0.15, 0.2) is 12.7 Å². The number of carboxylic acid groups (broad SMARTS) is 1. The van der Waals surface area contributed by atoms with Crippen LogP contribution >= 0.6 is 0 Å². The maximum Gasteiger partial charge on any atom is 0.342 e. The van der Waals surface area contributed by atoms with Crippen LogP contribution in [-0.2, 0) is 9.53 Å². The minimum Gasteiger partial charge on any atom is -0.479 e. The zero-order valence-electron chi connectivity index (χ0n) is 7.42. The van der Waals surface area contributed by atoms with Crippen LogP contribution in [0.3, 0.4) is 0 Å². The molecule has 0 fully saturated rings. The molecule has 0 spiro atoms. The van der Waals surface area contributed by atoms with Crippen molar-refractivity contribution in [1.82, 2.24) is 0 Å². The number of ether oxygens (including phenoxy) is 1. The standard InChI is InChI=1S/C4H5FO2.C4H10O/c1-2-3(5)4(6)7;1-3-5-4-2/h2-3H,1H2,(H,6,7);3-4H2,1-2H3. The molecule has 0 aliphatic heterocycles. The monoisotopic (exact) mass is 178 g/mol. The van der Waals surface area contributed by atoms with Crippen LogP contribution in [0.1, 0.15) is 13.8 Å². The lowest BCUT2D eigenvalue weighted by molar-refractivity contribution is -0.140. The van der Waals surface area contributed by atoms with Crippen LogP contribution in [-0.4, -0.2) is 30.5 Å². The second-order valence-electron chi connectivity index (χ2n) is 1.76. The van der Waals surface area contributed by atoms with Gasteiger partial charge in [-0.2, -0.15) is 0 Å². The van der Waals surface area contributed by atoms with Gasteiger partial charge in [-0.1, -0.05) is 6.58 Å². The fourth-order valence-corrected chi connectivity index (χ4v) is 0.305. The minimum absolute atomic E-state index is 0.725. The van der Waals surface area contributed by atoms with E-state index < -0.39 is 12.1 Å². The quantitative estimate of drug-likeness (QED) is 0.665. The van der Waals surface area contributed by atoms with Gasteiger partial charge < -0.3 is 9.84 Å². The Bertz CT molecular complexity index is 123. The molecule has 0 rings (SSSR count).